The minimum absolute atomic E-state index is 0.179. The summed E-state index contributed by atoms with van der Waals surface area (Å²) in [6, 6.07) is 6.63. The van der Waals surface area contributed by atoms with Gasteiger partial charge in [-0.2, -0.15) is 5.26 Å². The van der Waals surface area contributed by atoms with Crippen LogP contribution in [0, 0.1) is 11.3 Å². The second-order valence-corrected chi connectivity index (χ2v) is 3.46. The number of carbonyl (C=O) groups excluding carboxylic acids is 1. The maximum Gasteiger partial charge on any atom is 0.275 e. The first kappa shape index (κ1) is 11.5. The van der Waals surface area contributed by atoms with Crippen LogP contribution in [0.15, 0.2) is 36.8 Å². The highest BCUT2D eigenvalue weighted by Crippen LogP contribution is 2.18. The lowest BCUT2D eigenvalue weighted by Gasteiger charge is -2.06. The Bertz CT molecular complexity index is 618. The zero-order chi connectivity index (χ0) is 13.0. The fourth-order valence-electron chi connectivity index (χ4n) is 1.37. The SMILES string of the molecule is N#Cc1cc(N)ccc1NC(=O)c1cnccn1. The van der Waals surface area contributed by atoms with Gasteiger partial charge in [0.1, 0.15) is 11.8 Å². The summed E-state index contributed by atoms with van der Waals surface area (Å²) in [5, 5.41) is 11.5. The van der Waals surface area contributed by atoms with Crippen LogP contribution >= 0.6 is 0 Å². The summed E-state index contributed by atoms with van der Waals surface area (Å²) >= 11 is 0. The summed E-state index contributed by atoms with van der Waals surface area (Å²) in [5.41, 5.74) is 6.89. The van der Waals surface area contributed by atoms with E-state index in [1.165, 1.54) is 24.7 Å². The van der Waals surface area contributed by atoms with Crippen molar-refractivity contribution >= 4 is 17.3 Å². The number of nitrogens with zero attached hydrogens (tertiary/aromatic N) is 3. The molecular formula is C12H9N5O. The number of carbonyl (C=O) groups is 1. The molecule has 3 N–H and O–H groups in total. The van der Waals surface area contributed by atoms with Crippen LogP contribution in [0.4, 0.5) is 11.4 Å². The molecule has 1 amide bonds. The largest absolute Gasteiger partial charge is 0.399 e. The summed E-state index contributed by atoms with van der Waals surface area (Å²) in [4.78, 5) is 19.5. The predicted molar refractivity (Wildman–Crippen MR) is 65.6 cm³/mol. The van der Waals surface area contributed by atoms with Crippen LogP contribution in [-0.4, -0.2) is 15.9 Å². The number of nitrogens with two attached hydrogens (primary N) is 1. The Morgan fingerprint density at radius 1 is 1.39 bits per heavy atom. The van der Waals surface area contributed by atoms with E-state index in [2.05, 4.69) is 15.3 Å². The van der Waals surface area contributed by atoms with Gasteiger partial charge in [0.25, 0.3) is 5.91 Å². The third kappa shape index (κ3) is 2.41. The minimum atomic E-state index is -0.427. The van der Waals surface area contributed by atoms with E-state index < -0.39 is 5.91 Å². The Kier molecular flexibility index (Phi) is 3.16. The molecule has 6 heteroatoms. The van der Waals surface area contributed by atoms with Crippen molar-refractivity contribution in [2.75, 3.05) is 11.1 Å². The van der Waals surface area contributed by atoms with Crippen LogP contribution in [0.3, 0.4) is 0 Å². The second kappa shape index (κ2) is 4.93. The zero-order valence-corrected chi connectivity index (χ0v) is 9.29. The molecule has 6 nitrogen and oxygen atoms in total. The Morgan fingerprint density at radius 2 is 2.22 bits per heavy atom. The highest BCUT2D eigenvalue weighted by atomic mass is 16.1. The van der Waals surface area contributed by atoms with Crippen molar-refractivity contribution in [1.82, 2.24) is 9.97 Å². The predicted octanol–water partition coefficient (Wildman–Crippen LogP) is 1.18. The average molecular weight is 239 g/mol. The first-order valence-electron chi connectivity index (χ1n) is 5.07. The zero-order valence-electron chi connectivity index (χ0n) is 9.29. The van der Waals surface area contributed by atoms with Gasteiger partial charge in [-0.05, 0) is 18.2 Å². The lowest BCUT2D eigenvalue weighted by atomic mass is 10.1. The molecule has 0 bridgehead atoms. The number of aromatic nitrogens is 2. The van der Waals surface area contributed by atoms with Crippen LogP contribution in [0.1, 0.15) is 16.1 Å². The molecule has 0 unspecified atom stereocenters. The van der Waals surface area contributed by atoms with E-state index in [9.17, 15) is 4.79 Å². The maximum atomic E-state index is 11.8. The van der Waals surface area contributed by atoms with Crippen LogP contribution in [0.5, 0.6) is 0 Å². The number of amides is 1. The number of benzene rings is 1. The monoisotopic (exact) mass is 239 g/mol. The standard InChI is InChI=1S/C12H9N5O/c13-6-8-5-9(14)1-2-10(8)17-12(18)11-7-15-3-4-16-11/h1-5,7H,14H2,(H,17,18). The molecule has 0 saturated heterocycles. The molecule has 0 aliphatic heterocycles. The van der Waals surface area contributed by atoms with Crippen molar-refractivity contribution in [3.8, 4) is 6.07 Å². The van der Waals surface area contributed by atoms with Crippen molar-refractivity contribution in [3.63, 3.8) is 0 Å². The summed E-state index contributed by atoms with van der Waals surface area (Å²) in [6.45, 7) is 0. The van der Waals surface area contributed by atoms with Crippen molar-refractivity contribution in [1.29, 1.82) is 5.26 Å². The van der Waals surface area contributed by atoms with Gasteiger partial charge in [-0.1, -0.05) is 0 Å². The molecule has 0 radical (unpaired) electrons. The van der Waals surface area contributed by atoms with Crippen molar-refractivity contribution in [3.05, 3.63) is 48.0 Å². The van der Waals surface area contributed by atoms with Gasteiger partial charge in [0.05, 0.1) is 17.4 Å². The number of nitrogens with one attached hydrogen (secondary N) is 1. The first-order chi connectivity index (χ1) is 8.70. The van der Waals surface area contributed by atoms with E-state index in [4.69, 9.17) is 11.0 Å². The summed E-state index contributed by atoms with van der Waals surface area (Å²) < 4.78 is 0. The summed E-state index contributed by atoms with van der Waals surface area (Å²) in [7, 11) is 0. The first-order valence-corrected chi connectivity index (χ1v) is 5.07. The number of hydrogen-bond acceptors (Lipinski definition) is 5. The quantitative estimate of drug-likeness (QED) is 0.765. The van der Waals surface area contributed by atoms with Crippen molar-refractivity contribution in [2.45, 2.75) is 0 Å². The normalized spacial score (nSPS) is 9.50. The Hall–Kier alpha value is -2.94. The van der Waals surface area contributed by atoms with Gasteiger partial charge in [-0.3, -0.25) is 9.78 Å². The van der Waals surface area contributed by atoms with Gasteiger partial charge in [-0.25, -0.2) is 4.98 Å². The van der Waals surface area contributed by atoms with Gasteiger partial charge >= 0.3 is 0 Å². The van der Waals surface area contributed by atoms with Crippen LogP contribution in [0.2, 0.25) is 0 Å². The highest BCUT2D eigenvalue weighted by Gasteiger charge is 2.10. The summed E-state index contributed by atoms with van der Waals surface area (Å²) in [5.74, 6) is -0.427. The molecular weight excluding hydrogens is 230 g/mol. The molecule has 1 aromatic carbocycles. The van der Waals surface area contributed by atoms with E-state index in [0.29, 0.717) is 16.9 Å². The number of hydrogen-bond donors (Lipinski definition) is 2. The maximum absolute atomic E-state index is 11.8. The van der Waals surface area contributed by atoms with Gasteiger partial charge in [0.2, 0.25) is 0 Å². The molecule has 0 spiro atoms. The number of rotatable bonds is 2. The van der Waals surface area contributed by atoms with Gasteiger partial charge < -0.3 is 11.1 Å². The van der Waals surface area contributed by atoms with E-state index >= 15 is 0 Å². The topological polar surface area (TPSA) is 105 Å². The van der Waals surface area contributed by atoms with Gasteiger partial charge in [0.15, 0.2) is 0 Å². The third-order valence-electron chi connectivity index (χ3n) is 2.21. The van der Waals surface area contributed by atoms with E-state index in [1.54, 1.807) is 12.1 Å². The molecule has 0 saturated carbocycles. The second-order valence-electron chi connectivity index (χ2n) is 3.46. The molecule has 0 atom stereocenters. The van der Waals surface area contributed by atoms with E-state index in [0.717, 1.165) is 0 Å². The molecule has 1 heterocycles. The molecule has 18 heavy (non-hydrogen) atoms. The molecule has 88 valence electrons. The third-order valence-corrected chi connectivity index (χ3v) is 2.21. The number of anilines is 2. The Morgan fingerprint density at radius 3 is 2.89 bits per heavy atom. The lowest BCUT2D eigenvalue weighted by molar-refractivity contribution is 0.102. The van der Waals surface area contributed by atoms with E-state index in [-0.39, 0.29) is 5.69 Å². The number of nitriles is 1. The fraction of sp³-hybridized carbons (Fsp3) is 0. The smallest absolute Gasteiger partial charge is 0.275 e. The van der Waals surface area contributed by atoms with Gasteiger partial charge in [0, 0.05) is 18.1 Å². The Labute approximate surface area is 103 Å². The average Bonchev–Trinajstić information content (AvgIpc) is 2.41. The minimum Gasteiger partial charge on any atom is -0.399 e. The Balaban J connectivity index is 2.25. The fourth-order valence-corrected chi connectivity index (χ4v) is 1.37. The van der Waals surface area contributed by atoms with Crippen LogP contribution < -0.4 is 11.1 Å². The van der Waals surface area contributed by atoms with Crippen LogP contribution in [0.25, 0.3) is 0 Å². The molecule has 2 aromatic rings. The van der Waals surface area contributed by atoms with E-state index in [1.807, 2.05) is 6.07 Å². The van der Waals surface area contributed by atoms with Gasteiger partial charge in [-0.15, -0.1) is 0 Å². The number of nitrogen functional groups attached to an aromatic ring is 1. The molecule has 0 aliphatic rings. The highest BCUT2D eigenvalue weighted by molar-refractivity contribution is 6.03. The molecule has 0 fully saturated rings. The van der Waals surface area contributed by atoms with Crippen LogP contribution in [-0.2, 0) is 0 Å². The van der Waals surface area contributed by atoms with Crippen molar-refractivity contribution in [2.24, 2.45) is 0 Å². The molecule has 2 rings (SSSR count). The molecule has 1 aromatic heterocycles. The molecule has 0 aliphatic carbocycles. The lowest BCUT2D eigenvalue weighted by Crippen LogP contribution is -2.14. The summed E-state index contributed by atoms with van der Waals surface area (Å²) in [6.07, 6.45) is 4.24. The van der Waals surface area contributed by atoms with Crippen molar-refractivity contribution < 1.29 is 4.79 Å².